The van der Waals surface area contributed by atoms with E-state index in [1.807, 2.05) is 42.8 Å². The molecular formula is C11H13BrN4. The summed E-state index contributed by atoms with van der Waals surface area (Å²) in [4.78, 5) is 0. The molecule has 0 bridgehead atoms. The van der Waals surface area contributed by atoms with Crippen molar-refractivity contribution in [1.29, 1.82) is 0 Å². The highest BCUT2D eigenvalue weighted by Gasteiger charge is 2.03. The number of benzene rings is 1. The molecule has 16 heavy (non-hydrogen) atoms. The quantitative estimate of drug-likeness (QED) is 0.940. The Balaban J connectivity index is 2.02. The van der Waals surface area contributed by atoms with E-state index in [1.165, 1.54) is 0 Å². The molecule has 0 aliphatic carbocycles. The number of aryl methyl sites for hydroxylation is 1. The van der Waals surface area contributed by atoms with E-state index in [0.717, 1.165) is 21.8 Å². The molecule has 1 aromatic heterocycles. The molecule has 0 spiro atoms. The summed E-state index contributed by atoms with van der Waals surface area (Å²) in [5.41, 5.74) is 1.07. The maximum absolute atomic E-state index is 4.09. The van der Waals surface area contributed by atoms with Crippen molar-refractivity contribution in [1.82, 2.24) is 14.8 Å². The van der Waals surface area contributed by atoms with Gasteiger partial charge in [-0.3, -0.25) is 0 Å². The van der Waals surface area contributed by atoms with Crippen LogP contribution in [0.25, 0.3) is 0 Å². The second-order valence-corrected chi connectivity index (χ2v) is 4.50. The molecule has 0 unspecified atom stereocenters. The Bertz CT molecular complexity index is 475. The van der Waals surface area contributed by atoms with Crippen molar-refractivity contribution >= 4 is 21.6 Å². The zero-order valence-electron chi connectivity index (χ0n) is 9.24. The molecule has 1 aromatic carbocycles. The Morgan fingerprint density at radius 2 is 1.94 bits per heavy atom. The van der Waals surface area contributed by atoms with Gasteiger partial charge in [0.15, 0.2) is 5.82 Å². The largest absolute Gasteiger partial charge is 0.378 e. The number of hydrogen-bond donors (Lipinski definition) is 1. The van der Waals surface area contributed by atoms with Gasteiger partial charge in [0.25, 0.3) is 0 Å². The van der Waals surface area contributed by atoms with Crippen molar-refractivity contribution < 1.29 is 0 Å². The van der Waals surface area contributed by atoms with E-state index in [0.29, 0.717) is 6.54 Å². The van der Waals surface area contributed by atoms with Gasteiger partial charge in [-0.2, -0.15) is 0 Å². The van der Waals surface area contributed by atoms with Gasteiger partial charge in [-0.25, -0.2) is 0 Å². The van der Waals surface area contributed by atoms with Crippen LogP contribution in [0, 0.1) is 6.92 Å². The Morgan fingerprint density at radius 3 is 2.50 bits per heavy atom. The minimum Gasteiger partial charge on any atom is -0.378 e. The minimum atomic E-state index is 0.680. The molecule has 0 saturated heterocycles. The van der Waals surface area contributed by atoms with Crippen molar-refractivity contribution in [2.24, 2.45) is 7.05 Å². The molecular weight excluding hydrogens is 268 g/mol. The number of nitrogens with zero attached hydrogens (tertiary/aromatic N) is 3. The number of halogens is 1. The van der Waals surface area contributed by atoms with Gasteiger partial charge < -0.3 is 9.88 Å². The second kappa shape index (κ2) is 4.65. The highest BCUT2D eigenvalue weighted by molar-refractivity contribution is 9.10. The molecule has 84 valence electrons. The average molecular weight is 281 g/mol. The van der Waals surface area contributed by atoms with E-state index in [1.54, 1.807) is 0 Å². The maximum atomic E-state index is 4.09. The molecule has 2 rings (SSSR count). The number of hydrogen-bond acceptors (Lipinski definition) is 3. The SMILES string of the molecule is Cc1nnc(CNc2ccc(Br)cc2)n1C. The van der Waals surface area contributed by atoms with Crippen LogP contribution in [0.15, 0.2) is 28.7 Å². The van der Waals surface area contributed by atoms with Crippen molar-refractivity contribution in [3.05, 3.63) is 40.4 Å². The van der Waals surface area contributed by atoms with Gasteiger partial charge in [0, 0.05) is 17.2 Å². The number of aromatic nitrogens is 3. The van der Waals surface area contributed by atoms with Gasteiger partial charge in [-0.1, -0.05) is 15.9 Å². The van der Waals surface area contributed by atoms with Crippen molar-refractivity contribution in [3.63, 3.8) is 0 Å². The first-order chi connectivity index (χ1) is 7.66. The van der Waals surface area contributed by atoms with E-state index < -0.39 is 0 Å². The summed E-state index contributed by atoms with van der Waals surface area (Å²) < 4.78 is 3.05. The van der Waals surface area contributed by atoms with Crippen LogP contribution < -0.4 is 5.32 Å². The van der Waals surface area contributed by atoms with Crippen LogP contribution in [-0.2, 0) is 13.6 Å². The summed E-state index contributed by atoms with van der Waals surface area (Å²) in [7, 11) is 1.97. The highest BCUT2D eigenvalue weighted by atomic mass is 79.9. The zero-order chi connectivity index (χ0) is 11.5. The van der Waals surface area contributed by atoms with Crippen molar-refractivity contribution in [2.75, 3.05) is 5.32 Å². The average Bonchev–Trinajstić information content (AvgIpc) is 2.60. The third-order valence-corrected chi connectivity index (χ3v) is 3.01. The van der Waals surface area contributed by atoms with Crippen LogP contribution in [0.2, 0.25) is 0 Å². The normalized spacial score (nSPS) is 10.4. The van der Waals surface area contributed by atoms with Crippen LogP contribution >= 0.6 is 15.9 Å². The van der Waals surface area contributed by atoms with Gasteiger partial charge in [0.2, 0.25) is 0 Å². The third-order valence-electron chi connectivity index (χ3n) is 2.48. The highest BCUT2D eigenvalue weighted by Crippen LogP contribution is 2.14. The van der Waals surface area contributed by atoms with Gasteiger partial charge in [-0.05, 0) is 31.2 Å². The first-order valence-corrected chi connectivity index (χ1v) is 5.80. The van der Waals surface area contributed by atoms with Crippen LogP contribution in [0.1, 0.15) is 11.6 Å². The molecule has 0 atom stereocenters. The van der Waals surface area contributed by atoms with Gasteiger partial charge in [0.1, 0.15) is 5.82 Å². The number of rotatable bonds is 3. The molecule has 1 N–H and O–H groups in total. The summed E-state index contributed by atoms with van der Waals surface area (Å²) in [6.45, 7) is 2.62. The fraction of sp³-hybridized carbons (Fsp3) is 0.273. The van der Waals surface area contributed by atoms with Gasteiger partial charge in [-0.15, -0.1) is 10.2 Å². The van der Waals surface area contributed by atoms with E-state index >= 15 is 0 Å². The Morgan fingerprint density at radius 1 is 1.25 bits per heavy atom. The van der Waals surface area contributed by atoms with E-state index in [-0.39, 0.29) is 0 Å². The molecule has 0 saturated carbocycles. The fourth-order valence-corrected chi connectivity index (χ4v) is 1.62. The number of anilines is 1. The van der Waals surface area contributed by atoms with Crippen LogP contribution in [0.4, 0.5) is 5.69 Å². The molecule has 2 aromatic rings. The zero-order valence-corrected chi connectivity index (χ0v) is 10.8. The third kappa shape index (κ3) is 2.41. The van der Waals surface area contributed by atoms with E-state index in [2.05, 4.69) is 31.4 Å². The molecule has 0 aliphatic heterocycles. The smallest absolute Gasteiger partial charge is 0.152 e. The summed E-state index contributed by atoms with van der Waals surface area (Å²) in [6, 6.07) is 8.05. The van der Waals surface area contributed by atoms with Crippen molar-refractivity contribution in [2.45, 2.75) is 13.5 Å². The molecule has 0 amide bonds. The van der Waals surface area contributed by atoms with Gasteiger partial charge in [0.05, 0.1) is 6.54 Å². The lowest BCUT2D eigenvalue weighted by molar-refractivity contribution is 0.789. The topological polar surface area (TPSA) is 42.7 Å². The lowest BCUT2D eigenvalue weighted by Crippen LogP contribution is -2.06. The Hall–Kier alpha value is -1.36. The second-order valence-electron chi connectivity index (χ2n) is 3.58. The lowest BCUT2D eigenvalue weighted by atomic mass is 10.3. The van der Waals surface area contributed by atoms with Crippen LogP contribution in [-0.4, -0.2) is 14.8 Å². The van der Waals surface area contributed by atoms with Crippen molar-refractivity contribution in [3.8, 4) is 0 Å². The van der Waals surface area contributed by atoms with Gasteiger partial charge >= 0.3 is 0 Å². The van der Waals surface area contributed by atoms with Crippen LogP contribution in [0.3, 0.4) is 0 Å². The summed E-state index contributed by atoms with van der Waals surface area (Å²) >= 11 is 3.40. The molecule has 4 nitrogen and oxygen atoms in total. The first-order valence-electron chi connectivity index (χ1n) is 5.01. The minimum absolute atomic E-state index is 0.680. The standard InChI is InChI=1S/C11H13BrN4/c1-8-14-15-11(16(8)2)7-13-10-5-3-9(12)4-6-10/h3-6,13H,7H2,1-2H3. The first kappa shape index (κ1) is 11.1. The van der Waals surface area contributed by atoms with Crippen LogP contribution in [0.5, 0.6) is 0 Å². The Kier molecular flexibility index (Phi) is 3.24. The summed E-state index contributed by atoms with van der Waals surface area (Å²) in [5.74, 6) is 1.85. The summed E-state index contributed by atoms with van der Waals surface area (Å²) in [5, 5.41) is 11.4. The maximum Gasteiger partial charge on any atom is 0.152 e. The van der Waals surface area contributed by atoms with E-state index in [9.17, 15) is 0 Å². The van der Waals surface area contributed by atoms with E-state index in [4.69, 9.17) is 0 Å². The number of nitrogens with one attached hydrogen (secondary N) is 1. The molecule has 1 heterocycles. The predicted molar refractivity (Wildman–Crippen MR) is 67.2 cm³/mol. The fourth-order valence-electron chi connectivity index (χ4n) is 1.35. The monoisotopic (exact) mass is 280 g/mol. The Labute approximate surface area is 103 Å². The molecule has 0 fully saturated rings. The molecule has 5 heteroatoms. The predicted octanol–water partition coefficient (Wildman–Crippen LogP) is 2.50. The summed E-state index contributed by atoms with van der Waals surface area (Å²) in [6.07, 6.45) is 0. The molecule has 0 radical (unpaired) electrons. The molecule has 0 aliphatic rings. The lowest BCUT2D eigenvalue weighted by Gasteiger charge is -2.06.